The first kappa shape index (κ1) is 46.5. The van der Waals surface area contributed by atoms with Gasteiger partial charge in [0.25, 0.3) is 0 Å². The number of hydrogen-bond acceptors (Lipinski definition) is 12. The standard InChI is InChI=1S/C33H72N6O6P2/c1-3-5-7-9-11-28-42-46(40,32-26-38(22-13-18-34)23-14-19-35)44-30-17-31-45-47(41,43-29-12-10-8-6-4-2)33-27-39(24-15-20-36)25-16-21-37/h5-8H,3-4,9-37H2,1-2H3/b7-5-,8-6-. The van der Waals surface area contributed by atoms with Crippen molar-refractivity contribution in [2.75, 3.05) is 104 Å². The van der Waals surface area contributed by atoms with Gasteiger partial charge in [0.15, 0.2) is 0 Å². The fraction of sp³-hybridized carbons (Fsp3) is 0.879. The quantitative estimate of drug-likeness (QED) is 0.0374. The number of rotatable bonds is 36. The van der Waals surface area contributed by atoms with Crippen molar-refractivity contribution < 1.29 is 27.2 Å². The minimum absolute atomic E-state index is 0.166. The van der Waals surface area contributed by atoms with Crippen LogP contribution in [0.5, 0.6) is 0 Å². The average Bonchev–Trinajstić information content (AvgIpc) is 3.07. The molecule has 0 aromatic heterocycles. The Kier molecular flexibility index (Phi) is 32.4. The molecule has 0 fully saturated rings. The molecule has 0 aliphatic carbocycles. The Morgan fingerprint density at radius 2 is 0.787 bits per heavy atom. The van der Waals surface area contributed by atoms with E-state index in [1.165, 1.54) is 0 Å². The Morgan fingerprint density at radius 3 is 1.09 bits per heavy atom. The zero-order valence-electron chi connectivity index (χ0n) is 29.9. The van der Waals surface area contributed by atoms with E-state index < -0.39 is 15.2 Å². The molecular weight excluding hydrogens is 638 g/mol. The molecule has 0 aromatic rings. The third-order valence-electron chi connectivity index (χ3n) is 7.37. The maximum absolute atomic E-state index is 13.8. The van der Waals surface area contributed by atoms with Gasteiger partial charge in [-0.25, -0.2) is 0 Å². The SMILES string of the molecule is CC/C=C\CCCOP(=O)(CCN(CCCN)CCCN)OCCCOP(=O)(CCN(CCCN)CCCN)OCCC/C=C\CC. The molecule has 2 unspecified atom stereocenters. The van der Waals surface area contributed by atoms with E-state index in [4.69, 9.17) is 41.0 Å². The minimum Gasteiger partial charge on any atom is -0.330 e. The van der Waals surface area contributed by atoms with Crippen molar-refractivity contribution in [2.24, 2.45) is 22.9 Å². The van der Waals surface area contributed by atoms with Crippen molar-refractivity contribution in [3.63, 3.8) is 0 Å². The third kappa shape index (κ3) is 28.0. The summed E-state index contributed by atoms with van der Waals surface area (Å²) < 4.78 is 51.4. The highest BCUT2D eigenvalue weighted by atomic mass is 31.2. The number of nitrogens with two attached hydrogens (primary N) is 4. The van der Waals surface area contributed by atoms with Crippen molar-refractivity contribution in [1.82, 2.24) is 9.80 Å². The molecule has 0 heterocycles. The van der Waals surface area contributed by atoms with Crippen LogP contribution in [0.3, 0.4) is 0 Å². The van der Waals surface area contributed by atoms with Crippen LogP contribution in [-0.4, -0.2) is 114 Å². The van der Waals surface area contributed by atoms with E-state index in [1.807, 2.05) is 0 Å². The Labute approximate surface area is 287 Å². The molecule has 2 atom stereocenters. The van der Waals surface area contributed by atoms with Crippen LogP contribution in [0.2, 0.25) is 0 Å². The van der Waals surface area contributed by atoms with Crippen molar-refractivity contribution in [3.8, 4) is 0 Å². The molecule has 14 heteroatoms. The molecule has 0 aliphatic rings. The van der Waals surface area contributed by atoms with Crippen molar-refractivity contribution in [3.05, 3.63) is 24.3 Å². The molecule has 280 valence electrons. The van der Waals surface area contributed by atoms with Crippen LogP contribution in [0.1, 0.15) is 84.5 Å². The summed E-state index contributed by atoms with van der Waals surface area (Å²) in [5.74, 6) is 0. The van der Waals surface area contributed by atoms with E-state index in [0.29, 0.717) is 58.9 Å². The third-order valence-corrected chi connectivity index (χ3v) is 11.2. The molecule has 8 N–H and O–H groups in total. The largest absolute Gasteiger partial charge is 0.331 e. The Hall–Kier alpha value is -0.460. The summed E-state index contributed by atoms with van der Waals surface area (Å²) in [5.41, 5.74) is 22.9. The molecule has 0 aromatic carbocycles. The van der Waals surface area contributed by atoms with Gasteiger partial charge in [-0.1, -0.05) is 38.2 Å². The second kappa shape index (κ2) is 32.7. The summed E-state index contributed by atoms with van der Waals surface area (Å²) >= 11 is 0. The number of nitrogens with zero attached hydrogens (tertiary/aromatic N) is 2. The van der Waals surface area contributed by atoms with Gasteiger partial charge >= 0.3 is 15.2 Å². The lowest BCUT2D eigenvalue weighted by atomic mass is 10.3. The molecule has 47 heavy (non-hydrogen) atoms. The molecule has 0 rings (SSSR count). The summed E-state index contributed by atoms with van der Waals surface area (Å²) in [6.07, 6.45) is 18.1. The second-order valence-electron chi connectivity index (χ2n) is 11.7. The van der Waals surface area contributed by atoms with Crippen molar-refractivity contribution >= 4 is 15.2 Å². The summed E-state index contributed by atoms with van der Waals surface area (Å²) in [6.45, 7) is 12.0. The van der Waals surface area contributed by atoms with Crippen molar-refractivity contribution in [2.45, 2.75) is 84.5 Å². The highest BCUT2D eigenvalue weighted by Gasteiger charge is 2.28. The van der Waals surface area contributed by atoms with Crippen LogP contribution in [0.4, 0.5) is 0 Å². The Balaban J connectivity index is 5.26. The fourth-order valence-corrected chi connectivity index (χ4v) is 7.99. The first-order chi connectivity index (χ1) is 22.8. The van der Waals surface area contributed by atoms with Crippen LogP contribution in [0.15, 0.2) is 24.3 Å². The van der Waals surface area contributed by atoms with Crippen molar-refractivity contribution in [1.29, 1.82) is 0 Å². The van der Waals surface area contributed by atoms with E-state index in [-0.39, 0.29) is 25.5 Å². The van der Waals surface area contributed by atoms with E-state index in [0.717, 1.165) is 90.4 Å². The molecule has 0 bridgehead atoms. The molecule has 12 nitrogen and oxygen atoms in total. The predicted molar refractivity (Wildman–Crippen MR) is 198 cm³/mol. The van der Waals surface area contributed by atoms with Gasteiger partial charge in [0, 0.05) is 13.1 Å². The highest BCUT2D eigenvalue weighted by Crippen LogP contribution is 2.50. The lowest BCUT2D eigenvalue weighted by Crippen LogP contribution is -2.31. The molecular formula is C33H72N6O6P2. The second-order valence-corrected chi connectivity index (χ2v) is 16.0. The molecule has 0 amide bonds. The topological polar surface area (TPSA) is 182 Å². The number of hydrogen-bond donors (Lipinski definition) is 4. The normalized spacial score (nSPS) is 15.0. The summed E-state index contributed by atoms with van der Waals surface area (Å²) in [5, 5.41) is 0. The zero-order chi connectivity index (χ0) is 34.9. The molecule has 0 radical (unpaired) electrons. The molecule has 0 aliphatic heterocycles. The summed E-state index contributed by atoms with van der Waals surface area (Å²) in [6, 6.07) is 0. The van der Waals surface area contributed by atoms with E-state index >= 15 is 0 Å². The molecule has 0 saturated heterocycles. The highest BCUT2D eigenvalue weighted by molar-refractivity contribution is 7.54. The predicted octanol–water partition coefficient (Wildman–Crippen LogP) is 5.32. The van der Waals surface area contributed by atoms with Gasteiger partial charge in [-0.05, 0) is 123 Å². The van der Waals surface area contributed by atoms with Gasteiger partial charge in [0.2, 0.25) is 0 Å². The van der Waals surface area contributed by atoms with Crippen LogP contribution in [-0.2, 0) is 27.2 Å². The van der Waals surface area contributed by atoms with Gasteiger partial charge in [-0.3, -0.25) is 9.13 Å². The number of unbranched alkanes of at least 4 members (excludes halogenated alkanes) is 2. The van der Waals surface area contributed by atoms with E-state index in [9.17, 15) is 9.13 Å². The Bertz CT molecular complexity index is 772. The summed E-state index contributed by atoms with van der Waals surface area (Å²) in [7, 11) is -6.74. The lowest BCUT2D eigenvalue weighted by Gasteiger charge is -2.26. The zero-order valence-corrected chi connectivity index (χ0v) is 31.7. The minimum atomic E-state index is -3.37. The van der Waals surface area contributed by atoms with Gasteiger partial charge < -0.3 is 50.8 Å². The molecule has 0 saturated carbocycles. The Morgan fingerprint density at radius 1 is 0.468 bits per heavy atom. The number of allylic oxidation sites excluding steroid dienone is 4. The average molecular weight is 711 g/mol. The van der Waals surface area contributed by atoms with E-state index in [2.05, 4.69) is 48.0 Å². The first-order valence-electron chi connectivity index (χ1n) is 18.1. The van der Waals surface area contributed by atoms with Gasteiger partial charge in [-0.15, -0.1) is 0 Å². The van der Waals surface area contributed by atoms with E-state index in [1.54, 1.807) is 0 Å². The van der Waals surface area contributed by atoms with Gasteiger partial charge in [0.05, 0.1) is 38.8 Å². The van der Waals surface area contributed by atoms with Gasteiger partial charge in [-0.2, -0.15) is 0 Å². The first-order valence-corrected chi connectivity index (χ1v) is 21.6. The monoisotopic (exact) mass is 710 g/mol. The van der Waals surface area contributed by atoms with Crippen LogP contribution in [0.25, 0.3) is 0 Å². The fourth-order valence-electron chi connectivity index (χ4n) is 4.64. The maximum Gasteiger partial charge on any atom is 0.331 e. The smallest absolute Gasteiger partial charge is 0.330 e. The lowest BCUT2D eigenvalue weighted by molar-refractivity contribution is 0.166. The van der Waals surface area contributed by atoms with Crippen LogP contribution >= 0.6 is 15.2 Å². The molecule has 0 spiro atoms. The summed E-state index contributed by atoms with van der Waals surface area (Å²) in [4.78, 5) is 4.45. The maximum atomic E-state index is 13.8. The van der Waals surface area contributed by atoms with Gasteiger partial charge in [0.1, 0.15) is 0 Å². The van der Waals surface area contributed by atoms with Crippen LogP contribution < -0.4 is 22.9 Å². The van der Waals surface area contributed by atoms with Crippen LogP contribution in [0, 0.1) is 0 Å².